The van der Waals surface area contributed by atoms with Crippen molar-refractivity contribution in [2.75, 3.05) is 7.11 Å². The molecule has 0 aliphatic rings. The first kappa shape index (κ1) is 13.4. The minimum Gasteiger partial charge on any atom is -0.486 e. The molecular weight excluding hydrogens is 263 g/mol. The van der Waals surface area contributed by atoms with Crippen LogP contribution in [-0.4, -0.2) is 18.4 Å². The van der Waals surface area contributed by atoms with E-state index in [4.69, 9.17) is 17.0 Å². The quantitative estimate of drug-likeness (QED) is 0.631. The predicted octanol–water partition coefficient (Wildman–Crippen LogP) is 3.63. The smallest absolute Gasteiger partial charge is 0.191 e. The lowest BCUT2D eigenvalue weighted by molar-refractivity contribution is 0.112. The molecule has 0 radical (unpaired) electrons. The van der Waals surface area contributed by atoms with Gasteiger partial charge in [0.2, 0.25) is 0 Å². The average molecular weight is 274 g/mol. The molecule has 0 unspecified atom stereocenters. The van der Waals surface area contributed by atoms with Crippen molar-refractivity contribution in [3.8, 4) is 11.1 Å². The molecule has 2 nitrogen and oxygen atoms in total. The lowest BCUT2D eigenvalue weighted by Gasteiger charge is -2.12. The summed E-state index contributed by atoms with van der Waals surface area (Å²) in [6.45, 7) is 0. The van der Waals surface area contributed by atoms with Gasteiger partial charge >= 0.3 is 0 Å². The first-order chi connectivity index (χ1) is 9.19. The Kier molecular flexibility index (Phi) is 4.02. The number of thiocarbonyl (C=S) groups is 1. The Morgan fingerprint density at radius 3 is 2.63 bits per heavy atom. The highest BCUT2D eigenvalue weighted by Gasteiger charge is 2.16. The standard InChI is InChI=1S/C15H11FO2S/c1-18-15(19)12-7-3-2-6-11(12)14-10(9-17)5-4-8-13(14)16/h2-9H,1H3. The summed E-state index contributed by atoms with van der Waals surface area (Å²) < 4.78 is 19.1. The molecule has 0 atom stereocenters. The van der Waals surface area contributed by atoms with Crippen LogP contribution in [0.3, 0.4) is 0 Å². The molecule has 2 aromatic carbocycles. The number of hydrogen-bond acceptors (Lipinski definition) is 3. The van der Waals surface area contributed by atoms with Crippen molar-refractivity contribution in [2.45, 2.75) is 0 Å². The maximum absolute atomic E-state index is 14.0. The summed E-state index contributed by atoms with van der Waals surface area (Å²) in [5.74, 6) is -0.462. The molecule has 0 spiro atoms. The van der Waals surface area contributed by atoms with Crippen molar-refractivity contribution in [3.63, 3.8) is 0 Å². The third kappa shape index (κ3) is 2.53. The molecule has 0 bridgehead atoms. The van der Waals surface area contributed by atoms with E-state index in [-0.39, 0.29) is 16.2 Å². The van der Waals surface area contributed by atoms with Gasteiger partial charge in [0.15, 0.2) is 11.3 Å². The normalized spacial score (nSPS) is 10.0. The van der Waals surface area contributed by atoms with Gasteiger partial charge in [0.25, 0.3) is 0 Å². The minimum absolute atomic E-state index is 0.243. The van der Waals surface area contributed by atoms with Gasteiger partial charge in [-0.05, 0) is 29.9 Å². The van der Waals surface area contributed by atoms with Crippen LogP contribution in [0.5, 0.6) is 0 Å². The van der Waals surface area contributed by atoms with E-state index in [0.29, 0.717) is 17.4 Å². The molecule has 4 heteroatoms. The van der Waals surface area contributed by atoms with E-state index in [0.717, 1.165) is 0 Å². The predicted molar refractivity (Wildman–Crippen MR) is 75.9 cm³/mol. The fourth-order valence-electron chi connectivity index (χ4n) is 1.91. The molecule has 0 saturated carbocycles. The third-order valence-corrected chi connectivity index (χ3v) is 3.16. The van der Waals surface area contributed by atoms with E-state index in [1.54, 1.807) is 30.3 Å². The molecule has 0 heterocycles. The molecule has 0 aliphatic heterocycles. The van der Waals surface area contributed by atoms with Crippen molar-refractivity contribution in [1.29, 1.82) is 0 Å². The second-order valence-electron chi connectivity index (χ2n) is 3.86. The molecule has 0 amide bonds. The molecule has 19 heavy (non-hydrogen) atoms. The number of carbonyl (C=O) groups excluding carboxylic acids is 1. The van der Waals surface area contributed by atoms with Crippen LogP contribution in [0.2, 0.25) is 0 Å². The fourth-order valence-corrected chi connectivity index (χ4v) is 2.09. The summed E-state index contributed by atoms with van der Waals surface area (Å²) in [6, 6.07) is 11.4. The van der Waals surface area contributed by atoms with Gasteiger partial charge in [0.05, 0.1) is 7.11 Å². The second kappa shape index (κ2) is 5.71. The summed E-state index contributed by atoms with van der Waals surface area (Å²) >= 11 is 5.10. The van der Waals surface area contributed by atoms with Gasteiger partial charge in [-0.3, -0.25) is 4.79 Å². The summed E-state index contributed by atoms with van der Waals surface area (Å²) in [6.07, 6.45) is 0.630. The maximum Gasteiger partial charge on any atom is 0.191 e. The van der Waals surface area contributed by atoms with Crippen LogP contribution in [0.25, 0.3) is 11.1 Å². The molecule has 0 aliphatic carbocycles. The molecule has 0 saturated heterocycles. The fraction of sp³-hybridized carbons (Fsp3) is 0.0667. The Bertz CT molecular complexity index is 638. The van der Waals surface area contributed by atoms with Gasteiger partial charge in [-0.1, -0.05) is 30.3 Å². The highest BCUT2D eigenvalue weighted by molar-refractivity contribution is 7.80. The molecule has 0 aromatic heterocycles. The van der Waals surface area contributed by atoms with E-state index < -0.39 is 5.82 Å². The van der Waals surface area contributed by atoms with Crippen molar-refractivity contribution in [3.05, 3.63) is 59.4 Å². The summed E-state index contributed by atoms with van der Waals surface area (Å²) in [5, 5.41) is 0.260. The number of benzene rings is 2. The number of carbonyl (C=O) groups is 1. The van der Waals surface area contributed by atoms with E-state index in [2.05, 4.69) is 0 Å². The molecule has 0 N–H and O–H groups in total. The Balaban J connectivity index is 2.73. The lowest BCUT2D eigenvalue weighted by Crippen LogP contribution is -2.04. The number of methoxy groups -OCH3 is 1. The molecule has 2 aromatic rings. The van der Waals surface area contributed by atoms with Gasteiger partial charge in [-0.25, -0.2) is 4.39 Å². The van der Waals surface area contributed by atoms with Crippen LogP contribution in [0.15, 0.2) is 42.5 Å². The van der Waals surface area contributed by atoms with Gasteiger partial charge in [-0.15, -0.1) is 0 Å². The molecule has 2 rings (SSSR count). The van der Waals surface area contributed by atoms with Crippen LogP contribution < -0.4 is 0 Å². The summed E-state index contributed by atoms with van der Waals surface area (Å²) in [5.41, 5.74) is 1.67. The van der Waals surface area contributed by atoms with Crippen molar-refractivity contribution < 1.29 is 13.9 Å². The Hall–Kier alpha value is -2.07. The van der Waals surface area contributed by atoms with Crippen LogP contribution in [0.4, 0.5) is 4.39 Å². The second-order valence-corrected chi connectivity index (χ2v) is 4.23. The molecule has 0 fully saturated rings. The van der Waals surface area contributed by atoms with E-state index >= 15 is 0 Å². The number of hydrogen-bond donors (Lipinski definition) is 0. The first-order valence-electron chi connectivity index (χ1n) is 5.60. The van der Waals surface area contributed by atoms with Gasteiger partial charge in [0, 0.05) is 16.7 Å². The number of rotatable bonds is 3. The summed E-state index contributed by atoms with van der Waals surface area (Å²) in [4.78, 5) is 11.1. The van der Waals surface area contributed by atoms with E-state index in [1.165, 1.54) is 19.2 Å². The highest BCUT2D eigenvalue weighted by atomic mass is 32.1. The summed E-state index contributed by atoms with van der Waals surface area (Å²) in [7, 11) is 1.46. The van der Waals surface area contributed by atoms with Gasteiger partial charge in [-0.2, -0.15) is 0 Å². The van der Waals surface area contributed by atoms with E-state index in [9.17, 15) is 9.18 Å². The number of aldehydes is 1. The first-order valence-corrected chi connectivity index (χ1v) is 6.01. The topological polar surface area (TPSA) is 26.3 Å². The Morgan fingerprint density at radius 2 is 1.95 bits per heavy atom. The van der Waals surface area contributed by atoms with Crippen molar-refractivity contribution in [1.82, 2.24) is 0 Å². The van der Waals surface area contributed by atoms with Crippen molar-refractivity contribution in [2.24, 2.45) is 0 Å². The molecule has 96 valence electrons. The maximum atomic E-state index is 14.0. The van der Waals surface area contributed by atoms with Crippen LogP contribution in [0, 0.1) is 5.82 Å². The number of ether oxygens (including phenoxy) is 1. The van der Waals surface area contributed by atoms with Crippen LogP contribution in [0.1, 0.15) is 15.9 Å². The Labute approximate surface area is 115 Å². The van der Waals surface area contributed by atoms with Gasteiger partial charge in [0.1, 0.15) is 5.82 Å². The van der Waals surface area contributed by atoms with E-state index in [1.807, 2.05) is 0 Å². The van der Waals surface area contributed by atoms with Crippen molar-refractivity contribution >= 4 is 23.6 Å². The SMILES string of the molecule is COC(=S)c1ccccc1-c1c(F)cccc1C=O. The molecular formula is C15H11FO2S. The zero-order chi connectivity index (χ0) is 13.8. The average Bonchev–Trinajstić information content (AvgIpc) is 2.46. The highest BCUT2D eigenvalue weighted by Crippen LogP contribution is 2.29. The van der Waals surface area contributed by atoms with Crippen LogP contribution >= 0.6 is 12.2 Å². The third-order valence-electron chi connectivity index (χ3n) is 2.77. The number of halogens is 1. The van der Waals surface area contributed by atoms with Crippen LogP contribution in [-0.2, 0) is 4.74 Å². The zero-order valence-corrected chi connectivity index (χ0v) is 11.0. The lowest BCUT2D eigenvalue weighted by atomic mass is 9.95. The zero-order valence-electron chi connectivity index (χ0n) is 10.2. The monoisotopic (exact) mass is 274 g/mol. The minimum atomic E-state index is -0.462. The largest absolute Gasteiger partial charge is 0.486 e. The Morgan fingerprint density at radius 1 is 1.21 bits per heavy atom. The van der Waals surface area contributed by atoms with Gasteiger partial charge < -0.3 is 4.74 Å².